The monoisotopic (exact) mass is 174 g/mol. The van der Waals surface area contributed by atoms with Crippen molar-refractivity contribution in [1.29, 1.82) is 0 Å². The van der Waals surface area contributed by atoms with Crippen LogP contribution >= 0.6 is 0 Å². The second kappa shape index (κ2) is 4.80. The maximum absolute atomic E-state index is 9.52. The number of aliphatic hydroxyl groups excluding tert-OH is 1. The number of ether oxygens (including phenoxy) is 2. The fourth-order valence-electron chi connectivity index (χ4n) is 1.41. The van der Waals surface area contributed by atoms with Gasteiger partial charge in [-0.15, -0.1) is 0 Å². The lowest BCUT2D eigenvalue weighted by atomic mass is 10.0. The summed E-state index contributed by atoms with van der Waals surface area (Å²) in [5.41, 5.74) is 0. The fourth-order valence-corrected chi connectivity index (χ4v) is 1.41. The quantitative estimate of drug-likeness (QED) is 0.695. The van der Waals surface area contributed by atoms with Crippen LogP contribution in [0.2, 0.25) is 0 Å². The van der Waals surface area contributed by atoms with Crippen LogP contribution in [0.3, 0.4) is 0 Å². The molecule has 1 atom stereocenters. The lowest BCUT2D eigenvalue weighted by Crippen LogP contribution is -2.19. The van der Waals surface area contributed by atoms with Crippen molar-refractivity contribution in [3.8, 4) is 0 Å². The molecule has 3 heteroatoms. The molecule has 12 heavy (non-hydrogen) atoms. The zero-order valence-electron chi connectivity index (χ0n) is 7.82. The summed E-state index contributed by atoms with van der Waals surface area (Å²) in [6.07, 6.45) is 0.980. The number of hydrogen-bond acceptors (Lipinski definition) is 3. The molecule has 1 unspecified atom stereocenters. The largest absolute Gasteiger partial charge is 0.393 e. The third kappa shape index (κ3) is 3.52. The van der Waals surface area contributed by atoms with Crippen LogP contribution in [0.1, 0.15) is 26.7 Å². The highest BCUT2D eigenvalue weighted by atomic mass is 16.7. The summed E-state index contributed by atoms with van der Waals surface area (Å²) in [7, 11) is 0. The number of hydrogen-bond donors (Lipinski definition) is 1. The Balaban J connectivity index is 2.11. The van der Waals surface area contributed by atoms with E-state index in [1.54, 1.807) is 0 Å². The molecule has 0 aromatic carbocycles. The minimum absolute atomic E-state index is 0.168. The molecule has 1 aliphatic heterocycles. The van der Waals surface area contributed by atoms with Crippen molar-refractivity contribution >= 4 is 0 Å². The third-order valence-electron chi connectivity index (χ3n) is 1.90. The van der Waals surface area contributed by atoms with Gasteiger partial charge >= 0.3 is 0 Å². The molecule has 0 aliphatic carbocycles. The third-order valence-corrected chi connectivity index (χ3v) is 1.90. The Morgan fingerprint density at radius 1 is 1.33 bits per heavy atom. The van der Waals surface area contributed by atoms with Crippen LogP contribution in [0, 0.1) is 5.92 Å². The first kappa shape index (κ1) is 9.96. The van der Waals surface area contributed by atoms with Crippen LogP contribution in [0.15, 0.2) is 0 Å². The van der Waals surface area contributed by atoms with E-state index in [1.807, 2.05) is 0 Å². The average Bonchev–Trinajstić information content (AvgIpc) is 2.37. The Labute approximate surface area is 73.7 Å². The second-order valence-electron chi connectivity index (χ2n) is 3.69. The van der Waals surface area contributed by atoms with Gasteiger partial charge in [0.15, 0.2) is 6.29 Å². The van der Waals surface area contributed by atoms with Crippen LogP contribution in [-0.2, 0) is 9.47 Å². The number of aliphatic hydroxyl groups is 1. The van der Waals surface area contributed by atoms with Gasteiger partial charge in [0, 0.05) is 6.42 Å². The van der Waals surface area contributed by atoms with Crippen LogP contribution in [0.5, 0.6) is 0 Å². The SMILES string of the molecule is CC(C)CC(O)CC1OCCO1. The Kier molecular flexibility index (Phi) is 3.98. The van der Waals surface area contributed by atoms with Gasteiger partial charge in [0.05, 0.1) is 19.3 Å². The highest BCUT2D eigenvalue weighted by Crippen LogP contribution is 2.15. The first-order chi connectivity index (χ1) is 5.68. The molecule has 1 N–H and O–H groups in total. The van der Waals surface area contributed by atoms with Crippen molar-refractivity contribution < 1.29 is 14.6 Å². The molecule has 1 aliphatic rings. The van der Waals surface area contributed by atoms with Crippen molar-refractivity contribution in [3.63, 3.8) is 0 Å². The average molecular weight is 174 g/mol. The van der Waals surface area contributed by atoms with E-state index in [0.29, 0.717) is 25.6 Å². The Bertz CT molecular complexity index is 119. The molecule has 0 amide bonds. The molecule has 1 saturated heterocycles. The summed E-state index contributed by atoms with van der Waals surface area (Å²) in [6.45, 7) is 5.53. The highest BCUT2D eigenvalue weighted by Gasteiger charge is 2.20. The maximum atomic E-state index is 9.52. The molecule has 0 aromatic heterocycles. The van der Waals surface area contributed by atoms with E-state index in [4.69, 9.17) is 9.47 Å². The van der Waals surface area contributed by atoms with Gasteiger partial charge in [-0.25, -0.2) is 0 Å². The topological polar surface area (TPSA) is 38.7 Å². The van der Waals surface area contributed by atoms with Crippen molar-refractivity contribution in [3.05, 3.63) is 0 Å². The zero-order chi connectivity index (χ0) is 8.97. The van der Waals surface area contributed by atoms with Crippen LogP contribution < -0.4 is 0 Å². The molecule has 1 heterocycles. The van der Waals surface area contributed by atoms with Crippen LogP contribution in [0.25, 0.3) is 0 Å². The van der Waals surface area contributed by atoms with Gasteiger partial charge in [-0.1, -0.05) is 13.8 Å². The van der Waals surface area contributed by atoms with Crippen molar-refractivity contribution in [2.75, 3.05) is 13.2 Å². The number of rotatable bonds is 4. The van der Waals surface area contributed by atoms with Gasteiger partial charge in [-0.05, 0) is 12.3 Å². The fraction of sp³-hybridized carbons (Fsp3) is 1.00. The molecule has 1 rings (SSSR count). The Hall–Kier alpha value is -0.120. The summed E-state index contributed by atoms with van der Waals surface area (Å²) in [5, 5.41) is 9.52. The molecular formula is C9H18O3. The van der Waals surface area contributed by atoms with E-state index in [1.165, 1.54) is 0 Å². The van der Waals surface area contributed by atoms with Crippen molar-refractivity contribution in [2.24, 2.45) is 5.92 Å². The van der Waals surface area contributed by atoms with E-state index in [2.05, 4.69) is 13.8 Å². The zero-order valence-corrected chi connectivity index (χ0v) is 7.82. The first-order valence-electron chi connectivity index (χ1n) is 4.59. The van der Waals surface area contributed by atoms with E-state index in [-0.39, 0.29) is 12.4 Å². The van der Waals surface area contributed by atoms with E-state index in [9.17, 15) is 5.11 Å². The summed E-state index contributed by atoms with van der Waals surface area (Å²) in [4.78, 5) is 0. The van der Waals surface area contributed by atoms with Crippen molar-refractivity contribution in [1.82, 2.24) is 0 Å². The van der Waals surface area contributed by atoms with E-state index >= 15 is 0 Å². The Morgan fingerprint density at radius 3 is 2.42 bits per heavy atom. The molecule has 0 saturated carbocycles. The standard InChI is InChI=1S/C9H18O3/c1-7(2)5-8(10)6-9-11-3-4-12-9/h7-10H,3-6H2,1-2H3. The summed E-state index contributed by atoms with van der Waals surface area (Å²) in [6, 6.07) is 0. The minimum Gasteiger partial charge on any atom is -0.393 e. The summed E-state index contributed by atoms with van der Waals surface area (Å²) >= 11 is 0. The summed E-state index contributed by atoms with van der Waals surface area (Å²) in [5.74, 6) is 0.529. The molecule has 72 valence electrons. The molecule has 0 aromatic rings. The van der Waals surface area contributed by atoms with Gasteiger partial charge in [0.1, 0.15) is 0 Å². The highest BCUT2D eigenvalue weighted by molar-refractivity contribution is 4.63. The van der Waals surface area contributed by atoms with Gasteiger partial charge in [0.2, 0.25) is 0 Å². The lowest BCUT2D eigenvalue weighted by molar-refractivity contribution is -0.0724. The van der Waals surface area contributed by atoms with Crippen LogP contribution in [-0.4, -0.2) is 30.7 Å². The molecule has 0 bridgehead atoms. The molecule has 0 spiro atoms. The van der Waals surface area contributed by atoms with Gasteiger partial charge in [-0.2, -0.15) is 0 Å². The van der Waals surface area contributed by atoms with E-state index < -0.39 is 0 Å². The van der Waals surface area contributed by atoms with E-state index in [0.717, 1.165) is 6.42 Å². The summed E-state index contributed by atoms with van der Waals surface area (Å²) < 4.78 is 10.4. The molecule has 1 fully saturated rings. The second-order valence-corrected chi connectivity index (χ2v) is 3.69. The van der Waals surface area contributed by atoms with Crippen LogP contribution in [0.4, 0.5) is 0 Å². The Morgan fingerprint density at radius 2 is 1.92 bits per heavy atom. The van der Waals surface area contributed by atoms with Gasteiger partial charge in [0.25, 0.3) is 0 Å². The molecule has 3 nitrogen and oxygen atoms in total. The van der Waals surface area contributed by atoms with Crippen molar-refractivity contribution in [2.45, 2.75) is 39.1 Å². The first-order valence-corrected chi connectivity index (χ1v) is 4.59. The minimum atomic E-state index is -0.284. The smallest absolute Gasteiger partial charge is 0.160 e. The van der Waals surface area contributed by atoms with Gasteiger partial charge in [-0.3, -0.25) is 0 Å². The maximum Gasteiger partial charge on any atom is 0.160 e. The lowest BCUT2D eigenvalue weighted by Gasteiger charge is -2.16. The predicted octanol–water partition coefficient (Wildman–Crippen LogP) is 1.16. The van der Waals surface area contributed by atoms with Gasteiger partial charge < -0.3 is 14.6 Å². The molecule has 0 radical (unpaired) electrons. The molecular weight excluding hydrogens is 156 g/mol. The predicted molar refractivity (Wildman–Crippen MR) is 45.8 cm³/mol. The normalized spacial score (nSPS) is 22.0.